The van der Waals surface area contributed by atoms with Gasteiger partial charge in [0.05, 0.1) is 0 Å². The van der Waals surface area contributed by atoms with Gasteiger partial charge in [-0.05, 0) is 25.2 Å². The molecule has 6 nitrogen and oxygen atoms in total. The standard InChI is InChI=1S/C48H92O6/c1-5-7-9-11-13-15-16-17-20-24-27-31-35-39-46(49)52-42-45(54-48(51)41-37-33-29-22-14-12-10-8-6-2)43-53-47(50)40-36-32-28-25-21-18-19-23-26-30-34-38-44(3)4/h44-45H,5-43H2,1-4H3/t45-/m0/s1. The van der Waals surface area contributed by atoms with Gasteiger partial charge < -0.3 is 14.2 Å². The van der Waals surface area contributed by atoms with Crippen LogP contribution in [-0.4, -0.2) is 37.2 Å². The predicted octanol–water partition coefficient (Wildman–Crippen LogP) is 15.1. The lowest BCUT2D eigenvalue weighted by Gasteiger charge is -2.18. The molecule has 0 saturated carbocycles. The third kappa shape index (κ3) is 41.6. The van der Waals surface area contributed by atoms with Crippen molar-refractivity contribution in [1.29, 1.82) is 0 Å². The van der Waals surface area contributed by atoms with Gasteiger partial charge in [0.15, 0.2) is 6.10 Å². The first kappa shape index (κ1) is 52.4. The maximum Gasteiger partial charge on any atom is 0.306 e. The van der Waals surface area contributed by atoms with Crippen molar-refractivity contribution < 1.29 is 28.6 Å². The molecule has 1 atom stereocenters. The van der Waals surface area contributed by atoms with Gasteiger partial charge in [0.25, 0.3) is 0 Å². The molecule has 0 aromatic carbocycles. The first-order valence-corrected chi connectivity index (χ1v) is 23.9. The molecule has 54 heavy (non-hydrogen) atoms. The summed E-state index contributed by atoms with van der Waals surface area (Å²) in [6.45, 7) is 8.98. The van der Waals surface area contributed by atoms with Crippen LogP contribution >= 0.6 is 0 Å². The Morgan fingerprint density at radius 1 is 0.352 bits per heavy atom. The van der Waals surface area contributed by atoms with Gasteiger partial charge in [-0.25, -0.2) is 0 Å². The number of esters is 3. The van der Waals surface area contributed by atoms with E-state index in [0.29, 0.717) is 19.3 Å². The average Bonchev–Trinajstić information content (AvgIpc) is 3.15. The van der Waals surface area contributed by atoms with Gasteiger partial charge >= 0.3 is 17.9 Å². The summed E-state index contributed by atoms with van der Waals surface area (Å²) < 4.78 is 16.7. The lowest BCUT2D eigenvalue weighted by atomic mass is 10.0. The zero-order chi connectivity index (χ0) is 39.6. The third-order valence-electron chi connectivity index (χ3n) is 10.8. The zero-order valence-electron chi connectivity index (χ0n) is 36.7. The first-order chi connectivity index (χ1) is 26.4. The zero-order valence-corrected chi connectivity index (χ0v) is 36.7. The molecule has 0 heterocycles. The lowest BCUT2D eigenvalue weighted by molar-refractivity contribution is -0.167. The fourth-order valence-corrected chi connectivity index (χ4v) is 7.16. The van der Waals surface area contributed by atoms with E-state index in [1.165, 1.54) is 161 Å². The molecule has 320 valence electrons. The molecule has 0 aliphatic rings. The summed E-state index contributed by atoms with van der Waals surface area (Å²) in [6, 6.07) is 0. The summed E-state index contributed by atoms with van der Waals surface area (Å²) >= 11 is 0. The summed E-state index contributed by atoms with van der Waals surface area (Å²) in [5.74, 6) is -0.0260. The number of hydrogen-bond donors (Lipinski definition) is 0. The van der Waals surface area contributed by atoms with Gasteiger partial charge in [-0.2, -0.15) is 0 Å². The second kappa shape index (κ2) is 42.6. The van der Waals surface area contributed by atoms with Crippen LogP contribution in [-0.2, 0) is 28.6 Å². The fraction of sp³-hybridized carbons (Fsp3) is 0.938. The van der Waals surface area contributed by atoms with Crippen molar-refractivity contribution in [2.45, 2.75) is 271 Å². The topological polar surface area (TPSA) is 78.9 Å². The van der Waals surface area contributed by atoms with E-state index in [9.17, 15) is 14.4 Å². The molecular weight excluding hydrogens is 673 g/mol. The van der Waals surface area contributed by atoms with Crippen molar-refractivity contribution in [3.8, 4) is 0 Å². The Labute approximate surface area is 336 Å². The summed E-state index contributed by atoms with van der Waals surface area (Å²) in [7, 11) is 0. The van der Waals surface area contributed by atoms with Crippen LogP contribution in [0.5, 0.6) is 0 Å². The number of hydrogen-bond acceptors (Lipinski definition) is 6. The van der Waals surface area contributed by atoms with Crippen LogP contribution in [0.15, 0.2) is 0 Å². The second-order valence-corrected chi connectivity index (χ2v) is 16.9. The molecule has 0 aliphatic carbocycles. The Balaban J connectivity index is 4.28. The van der Waals surface area contributed by atoms with Crippen LogP contribution in [0.25, 0.3) is 0 Å². The smallest absolute Gasteiger partial charge is 0.306 e. The monoisotopic (exact) mass is 765 g/mol. The number of unbranched alkanes of at least 4 members (excludes halogenated alkanes) is 30. The van der Waals surface area contributed by atoms with E-state index >= 15 is 0 Å². The van der Waals surface area contributed by atoms with E-state index in [1.807, 2.05) is 0 Å². The van der Waals surface area contributed by atoms with E-state index in [2.05, 4.69) is 27.7 Å². The van der Waals surface area contributed by atoms with Gasteiger partial charge in [0.2, 0.25) is 0 Å². The minimum atomic E-state index is -0.759. The summed E-state index contributed by atoms with van der Waals surface area (Å²) in [5.41, 5.74) is 0. The van der Waals surface area contributed by atoms with Crippen molar-refractivity contribution >= 4 is 17.9 Å². The lowest BCUT2D eigenvalue weighted by Crippen LogP contribution is -2.30. The van der Waals surface area contributed by atoms with Crippen molar-refractivity contribution in [2.75, 3.05) is 13.2 Å². The molecule has 0 N–H and O–H groups in total. The van der Waals surface area contributed by atoms with E-state index in [-0.39, 0.29) is 31.1 Å². The van der Waals surface area contributed by atoms with Gasteiger partial charge in [0.1, 0.15) is 13.2 Å². The average molecular weight is 765 g/mol. The molecule has 0 fully saturated rings. The van der Waals surface area contributed by atoms with Crippen molar-refractivity contribution in [3.05, 3.63) is 0 Å². The normalized spacial score (nSPS) is 11.9. The molecule has 0 bridgehead atoms. The van der Waals surface area contributed by atoms with Crippen LogP contribution < -0.4 is 0 Å². The quantitative estimate of drug-likeness (QED) is 0.0349. The molecule has 0 aliphatic heterocycles. The highest BCUT2D eigenvalue weighted by atomic mass is 16.6. The first-order valence-electron chi connectivity index (χ1n) is 23.9. The molecule has 0 amide bonds. The molecule has 0 rings (SSSR count). The Morgan fingerprint density at radius 3 is 0.907 bits per heavy atom. The van der Waals surface area contributed by atoms with Crippen LogP contribution in [0.4, 0.5) is 0 Å². The molecule has 6 heteroatoms. The van der Waals surface area contributed by atoms with Crippen LogP contribution in [0, 0.1) is 5.92 Å². The Bertz CT molecular complexity index is 811. The minimum absolute atomic E-state index is 0.0635. The highest BCUT2D eigenvalue weighted by molar-refractivity contribution is 5.71. The number of carbonyl (C=O) groups excluding carboxylic acids is 3. The SMILES string of the molecule is CCCCCCCCCCCCCCCC(=O)OC[C@@H](COC(=O)CCCCCCCCCCCCCC(C)C)OC(=O)CCCCCCCCCCC. The van der Waals surface area contributed by atoms with Crippen molar-refractivity contribution in [3.63, 3.8) is 0 Å². The highest BCUT2D eigenvalue weighted by Crippen LogP contribution is 2.16. The van der Waals surface area contributed by atoms with Gasteiger partial charge in [-0.15, -0.1) is 0 Å². The minimum Gasteiger partial charge on any atom is -0.462 e. The van der Waals surface area contributed by atoms with Crippen LogP contribution in [0.1, 0.15) is 265 Å². The van der Waals surface area contributed by atoms with Crippen LogP contribution in [0.3, 0.4) is 0 Å². The molecule has 0 aromatic heterocycles. The second-order valence-electron chi connectivity index (χ2n) is 16.9. The van der Waals surface area contributed by atoms with E-state index in [1.54, 1.807) is 0 Å². The van der Waals surface area contributed by atoms with Gasteiger partial charge in [-0.1, -0.05) is 227 Å². The predicted molar refractivity (Wildman–Crippen MR) is 229 cm³/mol. The van der Waals surface area contributed by atoms with E-state index < -0.39 is 6.10 Å². The molecule has 0 unspecified atom stereocenters. The number of carbonyl (C=O) groups is 3. The summed E-state index contributed by atoms with van der Waals surface area (Å²) in [5, 5.41) is 0. The Kier molecular flexibility index (Phi) is 41.3. The summed E-state index contributed by atoms with van der Waals surface area (Å²) in [6.07, 6.45) is 42.3. The number of rotatable bonds is 43. The van der Waals surface area contributed by atoms with Crippen molar-refractivity contribution in [2.24, 2.45) is 5.92 Å². The molecule has 0 spiro atoms. The van der Waals surface area contributed by atoms with E-state index in [4.69, 9.17) is 14.2 Å². The van der Waals surface area contributed by atoms with Gasteiger partial charge in [-0.3, -0.25) is 14.4 Å². The largest absolute Gasteiger partial charge is 0.462 e. The van der Waals surface area contributed by atoms with Gasteiger partial charge in [0, 0.05) is 19.3 Å². The number of ether oxygens (including phenoxy) is 3. The maximum absolute atomic E-state index is 12.7. The Hall–Kier alpha value is -1.59. The molecule has 0 saturated heterocycles. The van der Waals surface area contributed by atoms with Crippen molar-refractivity contribution in [1.82, 2.24) is 0 Å². The third-order valence-corrected chi connectivity index (χ3v) is 10.8. The molecule has 0 aromatic rings. The molecular formula is C48H92O6. The van der Waals surface area contributed by atoms with E-state index in [0.717, 1.165) is 63.7 Å². The Morgan fingerprint density at radius 2 is 0.611 bits per heavy atom. The summed E-state index contributed by atoms with van der Waals surface area (Å²) in [4.78, 5) is 37.7. The fourth-order valence-electron chi connectivity index (χ4n) is 7.16. The van der Waals surface area contributed by atoms with Crippen LogP contribution in [0.2, 0.25) is 0 Å². The highest BCUT2D eigenvalue weighted by Gasteiger charge is 2.19. The molecule has 0 radical (unpaired) electrons. The maximum atomic E-state index is 12.7.